The third kappa shape index (κ3) is 3.42. The maximum atomic E-state index is 5.34. The Balaban J connectivity index is 1.82. The Kier molecular flexibility index (Phi) is 4.64. The highest BCUT2D eigenvalue weighted by Gasteiger charge is 2.06. The van der Waals surface area contributed by atoms with Gasteiger partial charge in [0.15, 0.2) is 0 Å². The normalized spacial score (nSPS) is 10.8. The summed E-state index contributed by atoms with van der Waals surface area (Å²) in [6.07, 6.45) is 1.07. The molecular weight excluding hydrogens is 290 g/mol. The van der Waals surface area contributed by atoms with Gasteiger partial charge in [0.2, 0.25) is 0 Å². The zero-order valence-electron chi connectivity index (χ0n) is 12.9. The molecule has 112 valence electrons. The smallest absolute Gasteiger partial charge is 0.119 e. The van der Waals surface area contributed by atoms with Crippen LogP contribution in [0.4, 0.5) is 0 Å². The Labute approximate surface area is 135 Å². The van der Waals surface area contributed by atoms with Crippen LogP contribution in [-0.2, 0) is 6.42 Å². The Morgan fingerprint density at radius 1 is 1.05 bits per heavy atom. The highest BCUT2D eigenvalue weighted by atomic mass is 32.2. The maximum absolute atomic E-state index is 5.34. The number of rotatable bonds is 5. The number of benzene rings is 2. The number of hydrogen-bond acceptors (Lipinski definition) is 3. The molecule has 22 heavy (non-hydrogen) atoms. The number of fused-ring (bicyclic) bond motifs is 1. The monoisotopic (exact) mass is 309 g/mol. The summed E-state index contributed by atoms with van der Waals surface area (Å²) in [6.45, 7) is 2.05. The van der Waals surface area contributed by atoms with Crippen molar-refractivity contribution in [2.75, 3.05) is 12.9 Å². The summed E-state index contributed by atoms with van der Waals surface area (Å²) in [6, 6.07) is 18.8. The zero-order valence-corrected chi connectivity index (χ0v) is 13.7. The molecule has 0 aliphatic carbocycles. The van der Waals surface area contributed by atoms with Crippen LogP contribution in [0.1, 0.15) is 11.3 Å². The fourth-order valence-corrected chi connectivity index (χ4v) is 3.60. The first-order chi connectivity index (χ1) is 10.8. The number of hydrogen-bond donors (Lipinski definition) is 0. The van der Waals surface area contributed by atoms with E-state index in [1.165, 1.54) is 15.8 Å². The van der Waals surface area contributed by atoms with E-state index in [-0.39, 0.29) is 0 Å². The number of methoxy groups -OCH3 is 1. The lowest BCUT2D eigenvalue weighted by molar-refractivity contribution is 0.415. The molecule has 0 aliphatic heterocycles. The molecule has 0 fully saturated rings. The minimum Gasteiger partial charge on any atom is -0.497 e. The predicted octanol–water partition coefficient (Wildman–Crippen LogP) is 4.89. The Bertz CT molecular complexity index is 771. The largest absolute Gasteiger partial charge is 0.497 e. The van der Waals surface area contributed by atoms with Crippen molar-refractivity contribution in [1.82, 2.24) is 4.98 Å². The van der Waals surface area contributed by atoms with Crippen molar-refractivity contribution in [1.29, 1.82) is 0 Å². The second-order valence-corrected chi connectivity index (χ2v) is 6.37. The van der Waals surface area contributed by atoms with Gasteiger partial charge in [-0.2, -0.15) is 0 Å². The quantitative estimate of drug-likeness (QED) is 0.627. The molecule has 0 aliphatic rings. The lowest BCUT2D eigenvalue weighted by atomic mass is 10.2. The van der Waals surface area contributed by atoms with Crippen molar-refractivity contribution < 1.29 is 4.74 Å². The Morgan fingerprint density at radius 2 is 1.86 bits per heavy atom. The van der Waals surface area contributed by atoms with Crippen LogP contribution in [-0.4, -0.2) is 17.8 Å². The van der Waals surface area contributed by atoms with E-state index in [1.54, 1.807) is 7.11 Å². The highest BCUT2D eigenvalue weighted by molar-refractivity contribution is 7.99. The van der Waals surface area contributed by atoms with Crippen LogP contribution in [0.15, 0.2) is 59.5 Å². The van der Waals surface area contributed by atoms with Crippen LogP contribution in [0.3, 0.4) is 0 Å². The van der Waals surface area contributed by atoms with Gasteiger partial charge < -0.3 is 4.74 Å². The van der Waals surface area contributed by atoms with E-state index in [0.717, 1.165) is 29.1 Å². The molecule has 3 aromatic rings. The van der Waals surface area contributed by atoms with Crippen molar-refractivity contribution in [3.8, 4) is 5.75 Å². The molecule has 0 saturated carbocycles. The molecule has 0 saturated heterocycles. The summed E-state index contributed by atoms with van der Waals surface area (Å²) in [4.78, 5) is 5.88. The SMILES string of the molecule is COc1ccc2nc(C)cc(SCCc3ccccc3)c2c1. The van der Waals surface area contributed by atoms with E-state index in [9.17, 15) is 0 Å². The Hall–Kier alpha value is -2.00. The van der Waals surface area contributed by atoms with Gasteiger partial charge in [0.25, 0.3) is 0 Å². The van der Waals surface area contributed by atoms with Crippen molar-refractivity contribution in [2.45, 2.75) is 18.2 Å². The number of thioether (sulfide) groups is 1. The summed E-state index contributed by atoms with van der Waals surface area (Å²) in [5, 5.41) is 1.17. The molecule has 0 amide bonds. The minimum atomic E-state index is 0.878. The summed E-state index contributed by atoms with van der Waals surface area (Å²) in [5.41, 5.74) is 3.46. The third-order valence-electron chi connectivity index (χ3n) is 3.60. The van der Waals surface area contributed by atoms with E-state index < -0.39 is 0 Å². The predicted molar refractivity (Wildman–Crippen MR) is 93.9 cm³/mol. The second kappa shape index (κ2) is 6.84. The molecule has 3 rings (SSSR count). The van der Waals surface area contributed by atoms with Crippen molar-refractivity contribution in [3.63, 3.8) is 0 Å². The molecule has 1 heterocycles. The number of aryl methyl sites for hydroxylation is 2. The van der Waals surface area contributed by atoms with Gasteiger partial charge in [0, 0.05) is 21.7 Å². The van der Waals surface area contributed by atoms with Gasteiger partial charge in [-0.1, -0.05) is 30.3 Å². The molecule has 0 spiro atoms. The molecule has 0 unspecified atom stereocenters. The van der Waals surface area contributed by atoms with Gasteiger partial charge in [0.1, 0.15) is 5.75 Å². The van der Waals surface area contributed by atoms with Gasteiger partial charge in [-0.05, 0) is 43.2 Å². The first-order valence-electron chi connectivity index (χ1n) is 7.38. The molecule has 0 atom stereocenters. The van der Waals surface area contributed by atoms with Crippen LogP contribution >= 0.6 is 11.8 Å². The van der Waals surface area contributed by atoms with E-state index in [4.69, 9.17) is 4.74 Å². The van der Waals surface area contributed by atoms with Crippen molar-refractivity contribution in [3.05, 3.63) is 65.9 Å². The van der Waals surface area contributed by atoms with E-state index in [2.05, 4.69) is 47.4 Å². The first kappa shape index (κ1) is 14.9. The van der Waals surface area contributed by atoms with Crippen LogP contribution in [0.5, 0.6) is 5.75 Å². The van der Waals surface area contributed by atoms with Gasteiger partial charge in [-0.3, -0.25) is 4.98 Å². The summed E-state index contributed by atoms with van der Waals surface area (Å²) in [7, 11) is 1.70. The van der Waals surface area contributed by atoms with E-state index >= 15 is 0 Å². The molecule has 2 aromatic carbocycles. The average Bonchev–Trinajstić information content (AvgIpc) is 2.55. The molecule has 0 N–H and O–H groups in total. The highest BCUT2D eigenvalue weighted by Crippen LogP contribution is 2.31. The van der Waals surface area contributed by atoms with Crippen LogP contribution in [0.25, 0.3) is 10.9 Å². The van der Waals surface area contributed by atoms with Crippen LogP contribution in [0, 0.1) is 6.92 Å². The number of aromatic nitrogens is 1. The summed E-state index contributed by atoms with van der Waals surface area (Å²) < 4.78 is 5.34. The van der Waals surface area contributed by atoms with E-state index in [0.29, 0.717) is 0 Å². The Morgan fingerprint density at radius 3 is 2.64 bits per heavy atom. The standard InChI is InChI=1S/C19H19NOS/c1-14-12-19(22-11-10-15-6-4-3-5-7-15)17-13-16(21-2)8-9-18(17)20-14/h3-9,12-13H,10-11H2,1-2H3. The molecule has 0 radical (unpaired) electrons. The number of nitrogens with zero attached hydrogens (tertiary/aromatic N) is 1. The summed E-state index contributed by atoms with van der Waals surface area (Å²) >= 11 is 1.88. The van der Waals surface area contributed by atoms with E-state index in [1.807, 2.05) is 30.8 Å². The van der Waals surface area contributed by atoms with Crippen LogP contribution < -0.4 is 4.74 Å². The topological polar surface area (TPSA) is 22.1 Å². The maximum Gasteiger partial charge on any atom is 0.119 e. The molecule has 2 nitrogen and oxygen atoms in total. The fraction of sp³-hybridized carbons (Fsp3) is 0.211. The van der Waals surface area contributed by atoms with Gasteiger partial charge in [-0.15, -0.1) is 11.8 Å². The molecule has 0 bridgehead atoms. The first-order valence-corrected chi connectivity index (χ1v) is 8.37. The average molecular weight is 309 g/mol. The lowest BCUT2D eigenvalue weighted by Crippen LogP contribution is -1.92. The van der Waals surface area contributed by atoms with Crippen molar-refractivity contribution >= 4 is 22.7 Å². The van der Waals surface area contributed by atoms with Gasteiger partial charge in [-0.25, -0.2) is 0 Å². The lowest BCUT2D eigenvalue weighted by Gasteiger charge is -2.09. The fourth-order valence-electron chi connectivity index (χ4n) is 2.47. The van der Waals surface area contributed by atoms with Gasteiger partial charge >= 0.3 is 0 Å². The molecule has 3 heteroatoms. The summed E-state index contributed by atoms with van der Waals surface area (Å²) in [5.74, 6) is 1.93. The van der Waals surface area contributed by atoms with Crippen LogP contribution in [0.2, 0.25) is 0 Å². The minimum absolute atomic E-state index is 0.878. The number of ether oxygens (including phenoxy) is 1. The molecule has 1 aromatic heterocycles. The van der Waals surface area contributed by atoms with Crippen molar-refractivity contribution in [2.24, 2.45) is 0 Å². The molecular formula is C19H19NOS. The second-order valence-electron chi connectivity index (χ2n) is 5.23. The third-order valence-corrected chi connectivity index (χ3v) is 4.65. The van der Waals surface area contributed by atoms with Gasteiger partial charge in [0.05, 0.1) is 12.6 Å². The zero-order chi connectivity index (χ0) is 15.4. The number of pyridine rings is 1.